The fourth-order valence-electron chi connectivity index (χ4n) is 3.73. The molecular weight excluding hydrogens is 455 g/mol. The number of hydrogen-bond acceptors (Lipinski definition) is 4. The Kier molecular flexibility index (Phi) is 6.25. The third kappa shape index (κ3) is 5.08. The summed E-state index contributed by atoms with van der Waals surface area (Å²) in [6.07, 6.45) is 1.44. The third-order valence-corrected chi connectivity index (χ3v) is 6.37. The number of carboxylic acid groups (broad SMARTS) is 1. The van der Waals surface area contributed by atoms with E-state index in [1.807, 2.05) is 12.1 Å². The standard InChI is InChI=1S/C24H20F3NO4S/c25-24(26,27)33-17-9-6-15(7-10-17)14-32-20-18-5-2-1-4-16(18)8-11-19(20)21(29)28-23(22(30)31)12-3-13-23/h1-2,4-11H,3,12-14H2,(H,28,29)(H,30,31). The molecule has 0 heterocycles. The van der Waals surface area contributed by atoms with Crippen LogP contribution in [0.25, 0.3) is 10.8 Å². The van der Waals surface area contributed by atoms with Crippen LogP contribution in [0.4, 0.5) is 13.2 Å². The van der Waals surface area contributed by atoms with Gasteiger partial charge in [0.2, 0.25) is 0 Å². The summed E-state index contributed by atoms with van der Waals surface area (Å²) in [6.45, 7) is 0.0231. The largest absolute Gasteiger partial charge is 0.487 e. The van der Waals surface area contributed by atoms with Crippen LogP contribution in [-0.2, 0) is 11.4 Å². The van der Waals surface area contributed by atoms with Crippen molar-refractivity contribution in [2.24, 2.45) is 0 Å². The Balaban J connectivity index is 1.59. The molecule has 5 nitrogen and oxygen atoms in total. The van der Waals surface area contributed by atoms with E-state index >= 15 is 0 Å². The molecule has 172 valence electrons. The lowest BCUT2D eigenvalue weighted by atomic mass is 9.76. The third-order valence-electron chi connectivity index (χ3n) is 5.63. The number of ether oxygens (including phenoxy) is 1. The number of thioether (sulfide) groups is 1. The number of amides is 1. The van der Waals surface area contributed by atoms with Crippen molar-refractivity contribution in [2.75, 3.05) is 0 Å². The average Bonchev–Trinajstić information content (AvgIpc) is 2.74. The van der Waals surface area contributed by atoms with Gasteiger partial charge >= 0.3 is 11.5 Å². The summed E-state index contributed by atoms with van der Waals surface area (Å²) in [5.74, 6) is -1.32. The topological polar surface area (TPSA) is 75.6 Å². The molecule has 4 rings (SSSR count). The number of rotatable bonds is 7. The molecule has 0 atom stereocenters. The quantitative estimate of drug-likeness (QED) is 0.425. The highest BCUT2D eigenvalue weighted by molar-refractivity contribution is 8.00. The second-order valence-electron chi connectivity index (χ2n) is 7.84. The summed E-state index contributed by atoms with van der Waals surface area (Å²) >= 11 is -0.194. The number of hydrogen-bond donors (Lipinski definition) is 2. The van der Waals surface area contributed by atoms with Gasteiger partial charge in [0.25, 0.3) is 5.91 Å². The van der Waals surface area contributed by atoms with E-state index in [1.54, 1.807) is 24.3 Å². The molecule has 33 heavy (non-hydrogen) atoms. The Labute approximate surface area is 191 Å². The van der Waals surface area contributed by atoms with Gasteiger partial charge in [-0.1, -0.05) is 42.5 Å². The van der Waals surface area contributed by atoms with Crippen LogP contribution in [0.5, 0.6) is 5.75 Å². The molecule has 0 aromatic heterocycles. The first-order chi connectivity index (χ1) is 15.7. The van der Waals surface area contributed by atoms with Crippen molar-refractivity contribution in [3.63, 3.8) is 0 Å². The predicted octanol–water partition coefficient (Wildman–Crippen LogP) is 5.77. The molecule has 0 spiro atoms. The molecule has 1 fully saturated rings. The minimum Gasteiger partial charge on any atom is -0.487 e. The van der Waals surface area contributed by atoms with Gasteiger partial charge in [0.15, 0.2) is 0 Å². The minimum absolute atomic E-state index is 0.0231. The maximum absolute atomic E-state index is 13.0. The Morgan fingerprint density at radius 1 is 1.03 bits per heavy atom. The number of fused-ring (bicyclic) bond motifs is 1. The zero-order valence-electron chi connectivity index (χ0n) is 17.3. The Morgan fingerprint density at radius 2 is 1.73 bits per heavy atom. The molecule has 0 aliphatic heterocycles. The van der Waals surface area contributed by atoms with Gasteiger partial charge in [-0.15, -0.1) is 0 Å². The van der Waals surface area contributed by atoms with Crippen molar-refractivity contribution in [3.8, 4) is 5.75 Å². The lowest BCUT2D eigenvalue weighted by molar-refractivity contribution is -0.148. The van der Waals surface area contributed by atoms with Crippen molar-refractivity contribution in [1.82, 2.24) is 5.32 Å². The number of carboxylic acids is 1. The van der Waals surface area contributed by atoms with Crippen molar-refractivity contribution in [1.29, 1.82) is 0 Å². The zero-order valence-corrected chi connectivity index (χ0v) is 18.1. The number of aliphatic carboxylic acids is 1. The van der Waals surface area contributed by atoms with Crippen LogP contribution >= 0.6 is 11.8 Å². The molecule has 3 aromatic carbocycles. The molecule has 0 radical (unpaired) electrons. The second kappa shape index (κ2) is 8.97. The maximum atomic E-state index is 13.0. The first-order valence-corrected chi connectivity index (χ1v) is 11.0. The van der Waals surface area contributed by atoms with Gasteiger partial charge in [-0.2, -0.15) is 13.2 Å². The summed E-state index contributed by atoms with van der Waals surface area (Å²) < 4.78 is 43.6. The summed E-state index contributed by atoms with van der Waals surface area (Å²) in [6, 6.07) is 16.4. The maximum Gasteiger partial charge on any atom is 0.446 e. The van der Waals surface area contributed by atoms with Gasteiger partial charge < -0.3 is 15.2 Å². The Bertz CT molecular complexity index is 1190. The summed E-state index contributed by atoms with van der Waals surface area (Å²) in [4.78, 5) is 24.8. The van der Waals surface area contributed by atoms with Crippen LogP contribution in [0.1, 0.15) is 35.2 Å². The Morgan fingerprint density at radius 3 is 2.33 bits per heavy atom. The van der Waals surface area contributed by atoms with Crippen LogP contribution < -0.4 is 10.1 Å². The minimum atomic E-state index is -4.36. The molecule has 0 saturated heterocycles. The lowest BCUT2D eigenvalue weighted by Gasteiger charge is -2.38. The molecule has 2 N–H and O–H groups in total. The highest BCUT2D eigenvalue weighted by atomic mass is 32.2. The van der Waals surface area contributed by atoms with Crippen molar-refractivity contribution in [3.05, 3.63) is 71.8 Å². The highest BCUT2D eigenvalue weighted by Gasteiger charge is 2.46. The second-order valence-corrected chi connectivity index (χ2v) is 8.98. The summed E-state index contributed by atoms with van der Waals surface area (Å²) in [5, 5.41) is 13.7. The first kappa shape index (κ1) is 23.0. The van der Waals surface area contributed by atoms with Crippen molar-refractivity contribution < 1.29 is 32.6 Å². The molecular formula is C24H20F3NO4S. The van der Waals surface area contributed by atoms with E-state index in [0.29, 0.717) is 29.5 Å². The lowest BCUT2D eigenvalue weighted by Crippen LogP contribution is -2.59. The van der Waals surface area contributed by atoms with Crippen LogP contribution in [-0.4, -0.2) is 28.0 Å². The zero-order chi connectivity index (χ0) is 23.6. The SMILES string of the molecule is O=C(NC1(C(=O)O)CCC1)c1ccc2ccccc2c1OCc1ccc(SC(F)(F)F)cc1. The highest BCUT2D eigenvalue weighted by Crippen LogP contribution is 2.37. The Hall–Kier alpha value is -3.20. The molecule has 3 aromatic rings. The van der Waals surface area contributed by atoms with E-state index in [9.17, 15) is 27.9 Å². The van der Waals surface area contributed by atoms with Crippen LogP contribution in [0.3, 0.4) is 0 Å². The normalized spacial score (nSPS) is 15.0. The van der Waals surface area contributed by atoms with E-state index in [1.165, 1.54) is 24.3 Å². The molecule has 1 aliphatic carbocycles. The van der Waals surface area contributed by atoms with Gasteiger partial charge in [0.1, 0.15) is 17.9 Å². The van der Waals surface area contributed by atoms with Crippen LogP contribution in [0, 0.1) is 0 Å². The van der Waals surface area contributed by atoms with Gasteiger partial charge in [-0.25, -0.2) is 4.79 Å². The fraction of sp³-hybridized carbons (Fsp3) is 0.250. The molecule has 9 heteroatoms. The monoisotopic (exact) mass is 475 g/mol. The fourth-order valence-corrected chi connectivity index (χ4v) is 4.27. The number of nitrogens with one attached hydrogen (secondary N) is 1. The van der Waals surface area contributed by atoms with E-state index in [-0.39, 0.29) is 28.8 Å². The molecule has 1 aliphatic rings. The van der Waals surface area contributed by atoms with E-state index in [2.05, 4.69) is 5.32 Å². The number of halogens is 3. The smallest absolute Gasteiger partial charge is 0.446 e. The summed E-state index contributed by atoms with van der Waals surface area (Å²) in [7, 11) is 0. The first-order valence-electron chi connectivity index (χ1n) is 10.2. The van der Waals surface area contributed by atoms with E-state index in [4.69, 9.17) is 4.74 Å². The predicted molar refractivity (Wildman–Crippen MR) is 118 cm³/mol. The van der Waals surface area contributed by atoms with Gasteiger partial charge in [0.05, 0.1) is 5.56 Å². The molecule has 0 unspecified atom stereocenters. The average molecular weight is 475 g/mol. The van der Waals surface area contributed by atoms with Gasteiger partial charge in [-0.3, -0.25) is 4.79 Å². The number of carbonyl (C=O) groups excluding carboxylic acids is 1. The van der Waals surface area contributed by atoms with Gasteiger partial charge in [-0.05, 0) is 60.2 Å². The number of carbonyl (C=O) groups is 2. The number of alkyl halides is 3. The molecule has 1 amide bonds. The van der Waals surface area contributed by atoms with E-state index < -0.39 is 22.9 Å². The molecule has 1 saturated carbocycles. The number of benzene rings is 3. The van der Waals surface area contributed by atoms with Gasteiger partial charge in [0, 0.05) is 10.3 Å². The van der Waals surface area contributed by atoms with Crippen molar-refractivity contribution >= 4 is 34.4 Å². The van der Waals surface area contributed by atoms with Crippen molar-refractivity contribution in [2.45, 2.75) is 41.8 Å². The molecule has 0 bridgehead atoms. The van der Waals surface area contributed by atoms with Crippen LogP contribution in [0.15, 0.2) is 65.6 Å². The van der Waals surface area contributed by atoms with E-state index in [0.717, 1.165) is 11.8 Å². The van der Waals surface area contributed by atoms with Crippen LogP contribution in [0.2, 0.25) is 0 Å². The summed E-state index contributed by atoms with van der Waals surface area (Å²) in [5.41, 5.74) is -4.81.